The number of esters is 1. The molecular weight excluding hydrogens is 312 g/mol. The minimum absolute atomic E-state index is 0.241. The molecule has 0 aliphatic rings. The summed E-state index contributed by atoms with van der Waals surface area (Å²) in [6.07, 6.45) is 0.241. The van der Waals surface area contributed by atoms with E-state index in [0.717, 1.165) is 22.2 Å². The van der Waals surface area contributed by atoms with Gasteiger partial charge in [-0.25, -0.2) is 0 Å². The summed E-state index contributed by atoms with van der Waals surface area (Å²) in [5, 5.41) is 7.11. The molecule has 4 nitrogen and oxygen atoms in total. The van der Waals surface area contributed by atoms with Crippen molar-refractivity contribution in [2.45, 2.75) is 26.8 Å². The maximum Gasteiger partial charge on any atom is 0.313 e. The van der Waals surface area contributed by atoms with Crippen LogP contribution in [0.5, 0.6) is 5.75 Å². The van der Waals surface area contributed by atoms with Gasteiger partial charge in [0, 0.05) is 0 Å². The Hall–Kier alpha value is -2.33. The fourth-order valence-electron chi connectivity index (χ4n) is 2.50. The van der Waals surface area contributed by atoms with Gasteiger partial charge in [0.05, 0.1) is 29.4 Å². The first-order valence-corrected chi connectivity index (χ1v) is 7.81. The van der Waals surface area contributed by atoms with Crippen molar-refractivity contribution in [2.75, 3.05) is 0 Å². The first kappa shape index (κ1) is 15.6. The van der Waals surface area contributed by atoms with E-state index in [9.17, 15) is 4.79 Å². The monoisotopic (exact) mass is 328 g/mol. The largest absolute Gasteiger partial charge is 0.426 e. The van der Waals surface area contributed by atoms with Crippen molar-refractivity contribution in [3.63, 3.8) is 0 Å². The number of hydrogen-bond donors (Lipinski definition) is 0. The Labute approximate surface area is 139 Å². The molecule has 0 saturated heterocycles. The number of aromatic nitrogens is 2. The van der Waals surface area contributed by atoms with Crippen LogP contribution in [0.4, 0.5) is 0 Å². The second-order valence-electron chi connectivity index (χ2n) is 5.44. The average molecular weight is 329 g/mol. The highest BCUT2D eigenvalue weighted by Crippen LogP contribution is 2.21. The van der Waals surface area contributed by atoms with Crippen LogP contribution in [-0.2, 0) is 11.3 Å². The molecule has 5 heteroatoms. The fourth-order valence-corrected chi connectivity index (χ4v) is 2.64. The molecule has 3 aromatic rings. The summed E-state index contributed by atoms with van der Waals surface area (Å²) in [4.78, 5) is 12.0. The van der Waals surface area contributed by atoms with E-state index in [1.165, 1.54) is 0 Å². The van der Waals surface area contributed by atoms with Gasteiger partial charge in [-0.15, -0.1) is 0 Å². The Kier molecular flexibility index (Phi) is 4.35. The number of benzene rings is 2. The molecule has 118 valence electrons. The van der Waals surface area contributed by atoms with E-state index in [1.54, 1.807) is 10.7 Å². The number of carbonyl (C=O) groups is 1. The van der Waals surface area contributed by atoms with Crippen LogP contribution in [0.1, 0.15) is 17.8 Å². The Balaban J connectivity index is 1.65. The van der Waals surface area contributed by atoms with Gasteiger partial charge in [-0.2, -0.15) is 5.10 Å². The second-order valence-corrected chi connectivity index (χ2v) is 5.82. The van der Waals surface area contributed by atoms with Crippen LogP contribution in [0.25, 0.3) is 10.8 Å². The predicted octanol–water partition coefficient (Wildman–Crippen LogP) is 4.30. The average Bonchev–Trinajstić information content (AvgIpc) is 2.80. The van der Waals surface area contributed by atoms with Crippen LogP contribution in [0.3, 0.4) is 0 Å². The van der Waals surface area contributed by atoms with E-state index in [0.29, 0.717) is 17.3 Å². The molecule has 0 aliphatic carbocycles. The Morgan fingerprint density at radius 2 is 1.91 bits per heavy atom. The summed E-state index contributed by atoms with van der Waals surface area (Å²) in [7, 11) is 0. The van der Waals surface area contributed by atoms with Crippen molar-refractivity contribution in [3.05, 3.63) is 58.9 Å². The number of rotatable bonds is 4. The fraction of sp³-hybridized carbons (Fsp3) is 0.222. The maximum atomic E-state index is 12.0. The van der Waals surface area contributed by atoms with Crippen molar-refractivity contribution < 1.29 is 9.53 Å². The Bertz CT molecular complexity index is 871. The van der Waals surface area contributed by atoms with Crippen LogP contribution >= 0.6 is 11.6 Å². The van der Waals surface area contributed by atoms with Gasteiger partial charge in [-0.1, -0.05) is 41.9 Å². The van der Waals surface area contributed by atoms with Gasteiger partial charge in [-0.3, -0.25) is 9.48 Å². The third-order valence-corrected chi connectivity index (χ3v) is 4.32. The molecule has 0 atom stereocenters. The third-order valence-electron chi connectivity index (χ3n) is 3.77. The number of fused-ring (bicyclic) bond motifs is 1. The summed E-state index contributed by atoms with van der Waals surface area (Å²) in [5.74, 6) is 0.268. The number of aryl methyl sites for hydroxylation is 2. The molecule has 0 saturated carbocycles. The predicted molar refractivity (Wildman–Crippen MR) is 90.9 cm³/mol. The molecule has 0 radical (unpaired) electrons. The molecule has 1 heterocycles. The van der Waals surface area contributed by atoms with Crippen LogP contribution in [0.15, 0.2) is 42.5 Å². The number of hydrogen-bond acceptors (Lipinski definition) is 3. The third kappa shape index (κ3) is 3.37. The van der Waals surface area contributed by atoms with Crippen LogP contribution in [0.2, 0.25) is 5.02 Å². The molecule has 3 rings (SSSR count). The van der Waals surface area contributed by atoms with E-state index in [2.05, 4.69) is 5.10 Å². The van der Waals surface area contributed by atoms with Crippen LogP contribution in [0, 0.1) is 13.8 Å². The SMILES string of the molecule is Cc1nn(CCC(=O)Oc2ccc3ccccc3c2)c(C)c1Cl. The van der Waals surface area contributed by atoms with Gasteiger partial charge < -0.3 is 4.74 Å². The standard InChI is InChI=1S/C18H17ClN2O2/c1-12-18(19)13(2)21(20-12)10-9-17(22)23-16-8-7-14-5-3-4-6-15(14)11-16/h3-8,11H,9-10H2,1-2H3. The summed E-state index contributed by atoms with van der Waals surface area (Å²) in [6.45, 7) is 4.18. The minimum Gasteiger partial charge on any atom is -0.426 e. The molecule has 0 N–H and O–H groups in total. The number of carbonyl (C=O) groups excluding carboxylic acids is 1. The lowest BCUT2D eigenvalue weighted by Gasteiger charge is -2.07. The molecular formula is C18H17ClN2O2. The first-order chi connectivity index (χ1) is 11.0. The smallest absolute Gasteiger partial charge is 0.313 e. The van der Waals surface area contributed by atoms with E-state index in [-0.39, 0.29) is 12.4 Å². The van der Waals surface area contributed by atoms with Gasteiger partial charge in [0.1, 0.15) is 5.75 Å². The van der Waals surface area contributed by atoms with Gasteiger partial charge in [-0.05, 0) is 36.8 Å². The minimum atomic E-state index is -0.288. The molecule has 1 aromatic heterocycles. The van der Waals surface area contributed by atoms with E-state index in [1.807, 2.05) is 50.2 Å². The molecule has 0 bridgehead atoms. The lowest BCUT2D eigenvalue weighted by molar-refractivity contribution is -0.134. The summed E-state index contributed by atoms with van der Waals surface area (Å²) in [5.41, 5.74) is 1.63. The van der Waals surface area contributed by atoms with Gasteiger partial charge in [0.2, 0.25) is 0 Å². The highest BCUT2D eigenvalue weighted by Gasteiger charge is 2.11. The number of halogens is 1. The topological polar surface area (TPSA) is 44.1 Å². The van der Waals surface area contributed by atoms with E-state index >= 15 is 0 Å². The summed E-state index contributed by atoms with van der Waals surface area (Å²) >= 11 is 6.10. The summed E-state index contributed by atoms with van der Waals surface area (Å²) < 4.78 is 7.14. The van der Waals surface area contributed by atoms with Gasteiger partial charge in [0.25, 0.3) is 0 Å². The number of ether oxygens (including phenoxy) is 1. The highest BCUT2D eigenvalue weighted by molar-refractivity contribution is 6.31. The highest BCUT2D eigenvalue weighted by atomic mass is 35.5. The van der Waals surface area contributed by atoms with E-state index < -0.39 is 0 Å². The van der Waals surface area contributed by atoms with Gasteiger partial charge in [0.15, 0.2) is 0 Å². The van der Waals surface area contributed by atoms with Crippen molar-refractivity contribution in [3.8, 4) is 5.75 Å². The lowest BCUT2D eigenvalue weighted by Crippen LogP contribution is -2.13. The molecule has 0 unspecified atom stereocenters. The van der Waals surface area contributed by atoms with Crippen LogP contribution < -0.4 is 4.74 Å². The molecule has 23 heavy (non-hydrogen) atoms. The van der Waals surface area contributed by atoms with Gasteiger partial charge >= 0.3 is 5.97 Å². The van der Waals surface area contributed by atoms with E-state index in [4.69, 9.17) is 16.3 Å². The molecule has 0 spiro atoms. The molecule has 2 aromatic carbocycles. The molecule has 0 aliphatic heterocycles. The Morgan fingerprint density at radius 1 is 1.17 bits per heavy atom. The zero-order valence-corrected chi connectivity index (χ0v) is 13.8. The second kappa shape index (κ2) is 6.42. The quantitative estimate of drug-likeness (QED) is 0.529. The van der Waals surface area contributed by atoms with Crippen LogP contribution in [-0.4, -0.2) is 15.7 Å². The maximum absolute atomic E-state index is 12.0. The zero-order chi connectivity index (χ0) is 16.4. The van der Waals surface area contributed by atoms with Crippen molar-refractivity contribution in [1.82, 2.24) is 9.78 Å². The normalized spacial score (nSPS) is 10.9. The lowest BCUT2D eigenvalue weighted by atomic mass is 10.1. The Morgan fingerprint density at radius 3 is 2.61 bits per heavy atom. The zero-order valence-electron chi connectivity index (χ0n) is 13.0. The van der Waals surface area contributed by atoms with Crippen molar-refractivity contribution >= 4 is 28.3 Å². The van der Waals surface area contributed by atoms with Crippen molar-refractivity contribution in [2.24, 2.45) is 0 Å². The van der Waals surface area contributed by atoms with Crippen molar-refractivity contribution in [1.29, 1.82) is 0 Å². The molecule has 0 fully saturated rings. The molecule has 0 amide bonds. The summed E-state index contributed by atoms with van der Waals surface area (Å²) in [6, 6.07) is 13.6. The number of nitrogens with zero attached hydrogens (tertiary/aromatic N) is 2. The first-order valence-electron chi connectivity index (χ1n) is 7.43.